The third-order valence-electron chi connectivity index (χ3n) is 4.53. The second-order valence-electron chi connectivity index (χ2n) is 6.44. The summed E-state index contributed by atoms with van der Waals surface area (Å²) in [5.74, 6) is -1.05. The number of para-hydroxylation sites is 1. The average molecular weight is 400 g/mol. The number of amides is 2. The van der Waals surface area contributed by atoms with Crippen LogP contribution in [0, 0.1) is 0 Å². The fourth-order valence-corrected chi connectivity index (χ4v) is 3.11. The van der Waals surface area contributed by atoms with Crippen LogP contribution in [0.25, 0.3) is 10.8 Å². The van der Waals surface area contributed by atoms with Crippen molar-refractivity contribution in [2.75, 3.05) is 18.4 Å². The average Bonchev–Trinajstić information content (AvgIpc) is 2.70. The van der Waals surface area contributed by atoms with E-state index in [2.05, 4.69) is 5.32 Å². The molecule has 0 saturated carbocycles. The quantitative estimate of drug-likeness (QED) is 0.658. The monoisotopic (exact) mass is 400 g/mol. The number of nitrogens with one attached hydrogen (secondary N) is 1. The van der Waals surface area contributed by atoms with E-state index < -0.39 is 17.6 Å². The molecule has 0 atom stereocenters. The maximum absolute atomic E-state index is 13.1. The Morgan fingerprint density at radius 2 is 1.59 bits per heavy atom. The molecule has 0 aromatic heterocycles. The van der Waals surface area contributed by atoms with Crippen molar-refractivity contribution >= 4 is 28.3 Å². The minimum absolute atomic E-state index is 0.233. The van der Waals surface area contributed by atoms with Gasteiger partial charge in [-0.3, -0.25) is 9.59 Å². The van der Waals surface area contributed by atoms with Crippen LogP contribution in [-0.2, 0) is 11.0 Å². The van der Waals surface area contributed by atoms with Gasteiger partial charge in [-0.15, -0.1) is 0 Å². The number of anilines is 1. The summed E-state index contributed by atoms with van der Waals surface area (Å²) in [6.45, 7) is 1.58. The lowest BCUT2D eigenvalue weighted by Crippen LogP contribution is -2.38. The van der Waals surface area contributed by atoms with Gasteiger partial charge < -0.3 is 10.2 Å². The maximum atomic E-state index is 13.1. The van der Waals surface area contributed by atoms with Gasteiger partial charge in [-0.25, -0.2) is 0 Å². The number of hydrogen-bond donors (Lipinski definition) is 1. The van der Waals surface area contributed by atoms with Crippen LogP contribution in [0.4, 0.5) is 18.9 Å². The minimum atomic E-state index is -4.59. The molecule has 0 fully saturated rings. The van der Waals surface area contributed by atoms with Crippen molar-refractivity contribution in [3.63, 3.8) is 0 Å². The van der Waals surface area contributed by atoms with Crippen molar-refractivity contribution in [2.45, 2.75) is 13.1 Å². The first kappa shape index (κ1) is 20.4. The molecule has 3 aromatic rings. The van der Waals surface area contributed by atoms with E-state index >= 15 is 0 Å². The summed E-state index contributed by atoms with van der Waals surface area (Å²) in [6, 6.07) is 17.4. The first-order valence-electron chi connectivity index (χ1n) is 9.04. The zero-order valence-electron chi connectivity index (χ0n) is 15.7. The van der Waals surface area contributed by atoms with Gasteiger partial charge in [-0.1, -0.05) is 48.5 Å². The first-order valence-corrected chi connectivity index (χ1v) is 9.04. The Kier molecular flexibility index (Phi) is 5.87. The van der Waals surface area contributed by atoms with E-state index in [1.165, 1.54) is 23.1 Å². The Bertz CT molecular complexity index is 1040. The van der Waals surface area contributed by atoms with Gasteiger partial charge in [0.05, 0.1) is 11.3 Å². The van der Waals surface area contributed by atoms with Gasteiger partial charge in [0.25, 0.3) is 5.91 Å². The van der Waals surface area contributed by atoms with Gasteiger partial charge in [0.2, 0.25) is 5.91 Å². The number of likely N-dealkylation sites (N-methyl/N-ethyl adjacent to an activating group) is 1. The molecule has 29 heavy (non-hydrogen) atoms. The van der Waals surface area contributed by atoms with Crippen molar-refractivity contribution < 1.29 is 22.8 Å². The molecule has 0 aliphatic rings. The van der Waals surface area contributed by atoms with Gasteiger partial charge in [0.15, 0.2) is 0 Å². The van der Waals surface area contributed by atoms with Crippen molar-refractivity contribution in [2.24, 2.45) is 0 Å². The fraction of sp³-hybridized carbons (Fsp3) is 0.182. The molecule has 0 unspecified atom stereocenters. The Labute approximate surface area is 165 Å². The molecule has 7 heteroatoms. The Hall–Kier alpha value is -3.35. The summed E-state index contributed by atoms with van der Waals surface area (Å²) < 4.78 is 39.3. The molecule has 0 aliphatic heterocycles. The lowest BCUT2D eigenvalue weighted by atomic mass is 10.0. The lowest BCUT2D eigenvalue weighted by molar-refractivity contribution is -0.137. The highest BCUT2D eigenvalue weighted by Crippen LogP contribution is 2.34. The summed E-state index contributed by atoms with van der Waals surface area (Å²) in [5.41, 5.74) is -0.830. The van der Waals surface area contributed by atoms with Crippen LogP contribution in [0.15, 0.2) is 66.7 Å². The van der Waals surface area contributed by atoms with Crippen LogP contribution in [0.2, 0.25) is 0 Å². The first-order chi connectivity index (χ1) is 13.8. The number of benzene rings is 3. The second kappa shape index (κ2) is 8.34. The summed E-state index contributed by atoms with van der Waals surface area (Å²) in [4.78, 5) is 26.7. The topological polar surface area (TPSA) is 49.4 Å². The van der Waals surface area contributed by atoms with E-state index in [1.54, 1.807) is 19.1 Å². The maximum Gasteiger partial charge on any atom is 0.418 e. The summed E-state index contributed by atoms with van der Waals surface area (Å²) in [5, 5.41) is 3.91. The molecule has 4 nitrogen and oxygen atoms in total. The van der Waals surface area contributed by atoms with Crippen LogP contribution < -0.4 is 5.32 Å². The van der Waals surface area contributed by atoms with Crippen LogP contribution in [-0.4, -0.2) is 29.8 Å². The molecule has 2 amide bonds. The highest BCUT2D eigenvalue weighted by atomic mass is 19.4. The lowest BCUT2D eigenvalue weighted by Gasteiger charge is -2.22. The standard InChI is InChI=1S/C22H19F3N2O2/c1-2-27(21(29)17-11-7-9-15-8-3-4-10-16(15)17)14-20(28)26-19-13-6-5-12-18(19)22(23,24)25/h3-13H,2,14H2,1H3,(H,26,28). The van der Waals surface area contributed by atoms with Gasteiger partial charge >= 0.3 is 6.18 Å². The van der Waals surface area contributed by atoms with Gasteiger partial charge in [0, 0.05) is 12.1 Å². The minimum Gasteiger partial charge on any atom is -0.330 e. The fourth-order valence-electron chi connectivity index (χ4n) is 3.11. The molecule has 150 valence electrons. The van der Waals surface area contributed by atoms with Crippen LogP contribution >= 0.6 is 0 Å². The number of carbonyl (C=O) groups excluding carboxylic acids is 2. The van der Waals surface area contributed by atoms with Crippen molar-refractivity contribution in [1.82, 2.24) is 4.90 Å². The van der Waals surface area contributed by atoms with E-state index in [4.69, 9.17) is 0 Å². The van der Waals surface area contributed by atoms with Crippen LogP contribution in [0.5, 0.6) is 0 Å². The summed E-state index contributed by atoms with van der Waals surface area (Å²) in [7, 11) is 0. The zero-order chi connectivity index (χ0) is 21.0. The molecule has 0 aliphatic carbocycles. The molecule has 1 N–H and O–H groups in total. The number of fused-ring (bicyclic) bond motifs is 1. The molecule has 0 heterocycles. The molecular formula is C22H19F3N2O2. The Balaban J connectivity index is 1.80. The molecular weight excluding hydrogens is 381 g/mol. The number of rotatable bonds is 5. The van der Waals surface area contributed by atoms with E-state index in [0.717, 1.165) is 16.8 Å². The molecule has 0 saturated heterocycles. The number of carbonyl (C=O) groups is 2. The molecule has 0 radical (unpaired) electrons. The number of alkyl halides is 3. The van der Waals surface area contributed by atoms with Gasteiger partial charge in [0.1, 0.15) is 6.54 Å². The SMILES string of the molecule is CCN(CC(=O)Nc1ccccc1C(F)(F)F)C(=O)c1cccc2ccccc12. The largest absolute Gasteiger partial charge is 0.418 e. The van der Waals surface area contributed by atoms with E-state index in [-0.39, 0.29) is 24.7 Å². The number of nitrogens with zero attached hydrogens (tertiary/aromatic N) is 1. The molecule has 3 aromatic carbocycles. The predicted molar refractivity (Wildman–Crippen MR) is 106 cm³/mol. The van der Waals surface area contributed by atoms with Crippen LogP contribution in [0.3, 0.4) is 0 Å². The van der Waals surface area contributed by atoms with E-state index in [0.29, 0.717) is 5.56 Å². The number of hydrogen-bond acceptors (Lipinski definition) is 2. The summed E-state index contributed by atoms with van der Waals surface area (Å²) >= 11 is 0. The normalized spacial score (nSPS) is 11.3. The molecule has 3 rings (SSSR count). The van der Waals surface area contributed by atoms with Crippen molar-refractivity contribution in [3.05, 3.63) is 77.9 Å². The molecule has 0 spiro atoms. The van der Waals surface area contributed by atoms with E-state index in [1.807, 2.05) is 30.3 Å². The third-order valence-corrected chi connectivity index (χ3v) is 4.53. The highest BCUT2D eigenvalue weighted by Gasteiger charge is 2.33. The smallest absolute Gasteiger partial charge is 0.330 e. The van der Waals surface area contributed by atoms with Crippen molar-refractivity contribution in [3.8, 4) is 0 Å². The van der Waals surface area contributed by atoms with Crippen molar-refractivity contribution in [1.29, 1.82) is 0 Å². The Morgan fingerprint density at radius 1 is 0.931 bits per heavy atom. The number of halogens is 3. The highest BCUT2D eigenvalue weighted by molar-refractivity contribution is 6.08. The third kappa shape index (κ3) is 4.56. The zero-order valence-corrected chi connectivity index (χ0v) is 15.7. The van der Waals surface area contributed by atoms with Gasteiger partial charge in [-0.2, -0.15) is 13.2 Å². The molecule has 0 bridgehead atoms. The predicted octanol–water partition coefficient (Wildman–Crippen LogP) is 4.96. The summed E-state index contributed by atoms with van der Waals surface area (Å²) in [6.07, 6.45) is -4.59. The Morgan fingerprint density at radius 3 is 2.31 bits per heavy atom. The van der Waals surface area contributed by atoms with E-state index in [9.17, 15) is 22.8 Å². The van der Waals surface area contributed by atoms with Gasteiger partial charge in [-0.05, 0) is 35.9 Å². The van der Waals surface area contributed by atoms with Crippen LogP contribution in [0.1, 0.15) is 22.8 Å². The second-order valence-corrected chi connectivity index (χ2v) is 6.44.